The second-order valence-corrected chi connectivity index (χ2v) is 12.7. The Morgan fingerprint density at radius 2 is 0.804 bits per heavy atom. The first kappa shape index (κ1) is 27.9. The smallest absolute Gasteiger partial charge is 0.0467 e. The Labute approximate surface area is 271 Å². The first-order chi connectivity index (χ1) is 22.6. The number of hydrogen-bond acceptors (Lipinski definition) is 1. The Morgan fingerprint density at radius 3 is 1.35 bits per heavy atom. The minimum atomic E-state index is -0.132. The van der Waals surface area contributed by atoms with Gasteiger partial charge in [0.15, 0.2) is 0 Å². The zero-order chi connectivity index (χ0) is 31.1. The van der Waals surface area contributed by atoms with Crippen molar-refractivity contribution in [2.24, 2.45) is 0 Å². The van der Waals surface area contributed by atoms with E-state index < -0.39 is 0 Å². The van der Waals surface area contributed by atoms with Gasteiger partial charge in [-0.25, -0.2) is 0 Å². The topological polar surface area (TPSA) is 12.0 Å². The van der Waals surface area contributed by atoms with Gasteiger partial charge in [0, 0.05) is 22.4 Å². The Kier molecular flexibility index (Phi) is 6.88. The van der Waals surface area contributed by atoms with Crippen molar-refractivity contribution in [2.75, 3.05) is 5.32 Å². The molecule has 220 valence electrons. The fraction of sp³-hybridized carbons (Fsp3) is 0.0667. The largest absolute Gasteiger partial charge is 0.355 e. The predicted molar refractivity (Wildman–Crippen MR) is 195 cm³/mol. The van der Waals surface area contributed by atoms with E-state index in [9.17, 15) is 0 Å². The number of benzene rings is 7. The van der Waals surface area contributed by atoms with Crippen molar-refractivity contribution in [1.82, 2.24) is 0 Å². The van der Waals surface area contributed by atoms with Crippen LogP contribution in [0.1, 0.15) is 25.0 Å². The fourth-order valence-corrected chi connectivity index (χ4v) is 7.13. The van der Waals surface area contributed by atoms with Gasteiger partial charge >= 0.3 is 0 Å². The second kappa shape index (κ2) is 11.4. The second-order valence-electron chi connectivity index (χ2n) is 12.7. The lowest BCUT2D eigenvalue weighted by Gasteiger charge is -2.27. The molecule has 0 saturated carbocycles. The molecule has 0 atom stereocenters. The quantitative estimate of drug-likeness (QED) is 0.203. The van der Waals surface area contributed by atoms with Gasteiger partial charge in [0.05, 0.1) is 0 Å². The summed E-state index contributed by atoms with van der Waals surface area (Å²) in [6.07, 6.45) is 0. The van der Waals surface area contributed by atoms with E-state index in [4.69, 9.17) is 0 Å². The SMILES string of the molecule is CC1(C)c2ccccc2-c2ccc(Nc3ccc(-c4ccc(-c5ccccc5)cc4)cc3)c(-c3ccc(-c4ccccc4)cc3)c21. The Hall–Kier alpha value is -5.66. The third kappa shape index (κ3) is 4.91. The summed E-state index contributed by atoms with van der Waals surface area (Å²) >= 11 is 0. The molecule has 0 unspecified atom stereocenters. The molecular weight excluding hydrogens is 555 g/mol. The third-order valence-electron chi connectivity index (χ3n) is 9.49. The maximum absolute atomic E-state index is 3.82. The van der Waals surface area contributed by atoms with E-state index in [-0.39, 0.29) is 5.41 Å². The van der Waals surface area contributed by atoms with Crippen LogP contribution in [0.5, 0.6) is 0 Å². The van der Waals surface area contributed by atoms with Gasteiger partial charge in [-0.1, -0.05) is 166 Å². The van der Waals surface area contributed by atoms with Gasteiger partial charge in [0.1, 0.15) is 0 Å². The molecule has 8 rings (SSSR count). The summed E-state index contributed by atoms with van der Waals surface area (Å²) in [7, 11) is 0. The molecule has 1 aliphatic rings. The highest BCUT2D eigenvalue weighted by atomic mass is 14.9. The van der Waals surface area contributed by atoms with Gasteiger partial charge in [0.2, 0.25) is 0 Å². The van der Waals surface area contributed by atoms with E-state index in [0.29, 0.717) is 0 Å². The minimum absolute atomic E-state index is 0.132. The van der Waals surface area contributed by atoms with Crippen LogP contribution in [0.15, 0.2) is 170 Å². The first-order valence-electron chi connectivity index (χ1n) is 16.0. The van der Waals surface area contributed by atoms with Crippen molar-refractivity contribution in [3.63, 3.8) is 0 Å². The van der Waals surface area contributed by atoms with Crippen molar-refractivity contribution in [1.29, 1.82) is 0 Å². The van der Waals surface area contributed by atoms with Crippen molar-refractivity contribution < 1.29 is 0 Å². The van der Waals surface area contributed by atoms with Crippen molar-refractivity contribution in [3.05, 3.63) is 181 Å². The number of anilines is 2. The number of hydrogen-bond donors (Lipinski definition) is 1. The van der Waals surface area contributed by atoms with Crippen LogP contribution in [0, 0.1) is 0 Å². The lowest BCUT2D eigenvalue weighted by atomic mass is 9.78. The zero-order valence-electron chi connectivity index (χ0n) is 26.2. The molecule has 0 saturated heterocycles. The minimum Gasteiger partial charge on any atom is -0.355 e. The molecule has 7 aromatic rings. The molecule has 1 nitrogen and oxygen atoms in total. The van der Waals surface area contributed by atoms with Crippen molar-refractivity contribution >= 4 is 11.4 Å². The molecule has 7 aromatic carbocycles. The molecule has 1 N–H and O–H groups in total. The number of rotatable bonds is 6. The van der Waals surface area contributed by atoms with Gasteiger partial charge in [-0.2, -0.15) is 0 Å². The zero-order valence-corrected chi connectivity index (χ0v) is 26.2. The molecule has 0 aromatic heterocycles. The van der Waals surface area contributed by atoms with Gasteiger partial charge < -0.3 is 5.32 Å². The summed E-state index contributed by atoms with van der Waals surface area (Å²) in [5.41, 5.74) is 17.3. The molecule has 1 heteroatoms. The van der Waals surface area contributed by atoms with Crippen LogP contribution in [0.4, 0.5) is 11.4 Å². The molecule has 0 fully saturated rings. The highest BCUT2D eigenvalue weighted by Gasteiger charge is 2.38. The van der Waals surface area contributed by atoms with E-state index in [1.165, 1.54) is 66.8 Å². The van der Waals surface area contributed by atoms with E-state index in [1.807, 2.05) is 0 Å². The number of nitrogens with one attached hydrogen (secondary N) is 1. The monoisotopic (exact) mass is 589 g/mol. The summed E-state index contributed by atoms with van der Waals surface area (Å²) in [4.78, 5) is 0. The molecular formula is C45H35N. The Balaban J connectivity index is 1.16. The summed E-state index contributed by atoms with van der Waals surface area (Å²) in [6, 6.07) is 61.3. The van der Waals surface area contributed by atoms with Gasteiger partial charge in [-0.3, -0.25) is 0 Å². The molecule has 0 radical (unpaired) electrons. The van der Waals surface area contributed by atoms with Crippen molar-refractivity contribution in [2.45, 2.75) is 19.3 Å². The summed E-state index contributed by atoms with van der Waals surface area (Å²) in [5.74, 6) is 0. The molecule has 0 heterocycles. The highest BCUT2D eigenvalue weighted by Crippen LogP contribution is 2.54. The third-order valence-corrected chi connectivity index (χ3v) is 9.49. The Morgan fingerprint density at radius 1 is 0.370 bits per heavy atom. The molecule has 46 heavy (non-hydrogen) atoms. The summed E-state index contributed by atoms with van der Waals surface area (Å²) in [6.45, 7) is 4.72. The number of fused-ring (bicyclic) bond motifs is 3. The average Bonchev–Trinajstić information content (AvgIpc) is 3.35. The Bertz CT molecular complexity index is 2140. The van der Waals surface area contributed by atoms with Crippen LogP contribution in [-0.2, 0) is 5.41 Å². The van der Waals surface area contributed by atoms with Crippen LogP contribution in [0.3, 0.4) is 0 Å². The van der Waals surface area contributed by atoms with Crippen LogP contribution in [0.25, 0.3) is 55.6 Å². The lowest BCUT2D eigenvalue weighted by Crippen LogP contribution is -2.17. The summed E-state index contributed by atoms with van der Waals surface area (Å²) in [5, 5.41) is 3.82. The lowest BCUT2D eigenvalue weighted by molar-refractivity contribution is 0.662. The average molecular weight is 590 g/mol. The van der Waals surface area contributed by atoms with Gasteiger partial charge in [-0.15, -0.1) is 0 Å². The molecule has 0 aliphatic heterocycles. The van der Waals surface area contributed by atoms with Crippen LogP contribution in [-0.4, -0.2) is 0 Å². The van der Waals surface area contributed by atoms with E-state index in [0.717, 1.165) is 11.4 Å². The van der Waals surface area contributed by atoms with E-state index in [1.54, 1.807) is 0 Å². The van der Waals surface area contributed by atoms with Gasteiger partial charge in [0.25, 0.3) is 0 Å². The molecule has 0 spiro atoms. The van der Waals surface area contributed by atoms with Crippen LogP contribution >= 0.6 is 0 Å². The first-order valence-corrected chi connectivity index (χ1v) is 16.0. The van der Waals surface area contributed by atoms with Crippen LogP contribution < -0.4 is 5.32 Å². The fourth-order valence-electron chi connectivity index (χ4n) is 7.13. The summed E-state index contributed by atoms with van der Waals surface area (Å²) < 4.78 is 0. The molecule has 0 bridgehead atoms. The molecule has 0 amide bonds. The maximum atomic E-state index is 3.82. The van der Waals surface area contributed by atoms with Crippen LogP contribution in [0.2, 0.25) is 0 Å². The highest BCUT2D eigenvalue weighted by molar-refractivity contribution is 5.95. The standard InChI is InChI=1S/C45H35N/c1-45(2)41-16-10-9-15-39(41)40-29-30-42(43(44(40)45)37-23-21-34(22-24-37)32-13-7-4-8-14-32)46-38-27-25-36(26-28-38)35-19-17-33(18-20-35)31-11-5-3-6-12-31/h3-30,46H,1-2H3. The molecule has 1 aliphatic carbocycles. The van der Waals surface area contributed by atoms with Crippen molar-refractivity contribution in [3.8, 4) is 55.6 Å². The van der Waals surface area contributed by atoms with Gasteiger partial charge in [-0.05, 0) is 79.4 Å². The van der Waals surface area contributed by atoms with E-state index >= 15 is 0 Å². The van der Waals surface area contributed by atoms with E-state index in [2.05, 4.69) is 189 Å². The normalized spacial score (nSPS) is 12.7. The maximum Gasteiger partial charge on any atom is 0.0467 e. The predicted octanol–water partition coefficient (Wildman–Crippen LogP) is 12.4.